The van der Waals surface area contributed by atoms with Gasteiger partial charge in [0, 0.05) is 12.8 Å². The van der Waals surface area contributed by atoms with E-state index in [0.29, 0.717) is 12.8 Å². The van der Waals surface area contributed by atoms with Gasteiger partial charge in [-0.25, -0.2) is 0 Å². The fourth-order valence-corrected chi connectivity index (χ4v) is 0.844. The van der Waals surface area contributed by atoms with Crippen molar-refractivity contribution in [1.29, 1.82) is 0 Å². The first-order valence-corrected chi connectivity index (χ1v) is 4.42. The van der Waals surface area contributed by atoms with Gasteiger partial charge in [-0.2, -0.15) is 0 Å². The van der Waals surface area contributed by atoms with Crippen molar-refractivity contribution in [3.8, 4) is 0 Å². The predicted octanol–water partition coefficient (Wildman–Crippen LogP) is -0.0590. The number of carbonyl (C=O) groups is 4. The van der Waals surface area contributed by atoms with E-state index in [2.05, 4.69) is 4.74 Å². The lowest BCUT2D eigenvalue weighted by Gasteiger charge is -2.04. The first kappa shape index (κ1) is 13.3. The van der Waals surface area contributed by atoms with Crippen LogP contribution in [0.1, 0.15) is 25.7 Å². The number of hydrogen-bond acceptors (Lipinski definition) is 5. The second-order valence-electron chi connectivity index (χ2n) is 2.83. The van der Waals surface area contributed by atoms with Crippen LogP contribution < -0.4 is 0 Å². The Bertz CT molecular complexity index is 239. The molecule has 0 aliphatic carbocycles. The highest BCUT2D eigenvalue weighted by Gasteiger charge is 2.11. The van der Waals surface area contributed by atoms with E-state index in [4.69, 9.17) is 5.11 Å². The summed E-state index contributed by atoms with van der Waals surface area (Å²) in [7, 11) is 0. The molecule has 0 aliphatic heterocycles. The number of aldehydes is 2. The number of rotatable bonds is 8. The summed E-state index contributed by atoms with van der Waals surface area (Å²) in [5.74, 6) is -1.60. The standard InChI is InChI=1S/C9H12O6/c10-5-7(6-11)15-9(14)4-2-1-3-8(12)13/h5-7H,1-4H2,(H,12,13). The largest absolute Gasteiger partial charge is 0.481 e. The van der Waals surface area contributed by atoms with Crippen LogP contribution in [0.2, 0.25) is 0 Å². The average Bonchev–Trinajstić information content (AvgIpc) is 2.20. The lowest BCUT2D eigenvalue weighted by molar-refractivity contribution is -0.154. The molecule has 0 radical (unpaired) electrons. The lowest BCUT2D eigenvalue weighted by atomic mass is 10.2. The molecule has 0 aromatic rings. The van der Waals surface area contributed by atoms with E-state index in [9.17, 15) is 19.2 Å². The van der Waals surface area contributed by atoms with Crippen molar-refractivity contribution < 1.29 is 29.0 Å². The molecule has 15 heavy (non-hydrogen) atoms. The maximum atomic E-state index is 10.9. The van der Waals surface area contributed by atoms with Crippen molar-refractivity contribution in [2.45, 2.75) is 31.8 Å². The Kier molecular flexibility index (Phi) is 6.78. The summed E-state index contributed by atoms with van der Waals surface area (Å²) >= 11 is 0. The molecule has 6 heteroatoms. The van der Waals surface area contributed by atoms with Gasteiger partial charge < -0.3 is 9.84 Å². The molecule has 0 aromatic carbocycles. The van der Waals surface area contributed by atoms with Gasteiger partial charge in [-0.3, -0.25) is 19.2 Å². The maximum Gasteiger partial charge on any atom is 0.306 e. The lowest BCUT2D eigenvalue weighted by Crippen LogP contribution is -2.20. The van der Waals surface area contributed by atoms with Gasteiger partial charge in [0.15, 0.2) is 12.6 Å². The Morgan fingerprint density at radius 2 is 1.67 bits per heavy atom. The second-order valence-corrected chi connectivity index (χ2v) is 2.83. The number of carboxylic acids is 1. The average molecular weight is 216 g/mol. The summed E-state index contributed by atoms with van der Waals surface area (Å²) in [4.78, 5) is 41.2. The minimum Gasteiger partial charge on any atom is -0.481 e. The molecule has 0 aromatic heterocycles. The van der Waals surface area contributed by atoms with Crippen LogP contribution in [0.4, 0.5) is 0 Å². The highest BCUT2D eigenvalue weighted by Crippen LogP contribution is 2.02. The third kappa shape index (κ3) is 7.36. The molecule has 0 amide bonds. The Labute approximate surface area is 86.2 Å². The predicted molar refractivity (Wildman–Crippen MR) is 48.1 cm³/mol. The summed E-state index contributed by atoms with van der Waals surface area (Å²) in [6.07, 6.45) is -0.197. The minimum atomic E-state index is -1.35. The SMILES string of the molecule is O=CC(C=O)OC(=O)CCCCC(=O)O. The van der Waals surface area contributed by atoms with Crippen LogP contribution in [0.3, 0.4) is 0 Å². The van der Waals surface area contributed by atoms with Gasteiger partial charge in [0.05, 0.1) is 0 Å². The number of carbonyl (C=O) groups excluding carboxylic acids is 3. The van der Waals surface area contributed by atoms with E-state index in [-0.39, 0.29) is 25.4 Å². The van der Waals surface area contributed by atoms with Crippen LogP contribution in [0.5, 0.6) is 0 Å². The Morgan fingerprint density at radius 3 is 2.13 bits per heavy atom. The van der Waals surface area contributed by atoms with E-state index in [1.54, 1.807) is 0 Å². The molecule has 0 spiro atoms. The number of ether oxygens (including phenoxy) is 1. The molecule has 0 aliphatic rings. The molecule has 0 heterocycles. The number of esters is 1. The Hall–Kier alpha value is -1.72. The molecular weight excluding hydrogens is 204 g/mol. The fourth-order valence-electron chi connectivity index (χ4n) is 0.844. The van der Waals surface area contributed by atoms with Crippen LogP contribution in [0.15, 0.2) is 0 Å². The van der Waals surface area contributed by atoms with Crippen LogP contribution in [-0.4, -0.2) is 35.7 Å². The van der Waals surface area contributed by atoms with Crippen molar-refractivity contribution in [3.63, 3.8) is 0 Å². The number of aliphatic carboxylic acids is 1. The fraction of sp³-hybridized carbons (Fsp3) is 0.556. The molecule has 0 unspecified atom stereocenters. The van der Waals surface area contributed by atoms with E-state index in [1.165, 1.54) is 0 Å². The van der Waals surface area contributed by atoms with Gasteiger partial charge in [-0.05, 0) is 12.8 Å². The summed E-state index contributed by atoms with van der Waals surface area (Å²) < 4.78 is 4.43. The third-order valence-electron chi connectivity index (χ3n) is 1.56. The number of unbranched alkanes of at least 4 members (excludes halogenated alkanes) is 1. The van der Waals surface area contributed by atoms with Crippen molar-refractivity contribution >= 4 is 24.5 Å². The highest BCUT2D eigenvalue weighted by atomic mass is 16.5. The highest BCUT2D eigenvalue weighted by molar-refractivity contribution is 5.84. The Balaban J connectivity index is 3.61. The van der Waals surface area contributed by atoms with Crippen molar-refractivity contribution in [2.24, 2.45) is 0 Å². The van der Waals surface area contributed by atoms with Gasteiger partial charge in [-0.15, -0.1) is 0 Å². The maximum absolute atomic E-state index is 10.9. The molecule has 0 atom stereocenters. The molecule has 0 bridgehead atoms. The molecule has 0 fully saturated rings. The van der Waals surface area contributed by atoms with Gasteiger partial charge in [0.25, 0.3) is 0 Å². The molecule has 6 nitrogen and oxygen atoms in total. The summed E-state index contributed by atoms with van der Waals surface area (Å²) in [5.41, 5.74) is 0. The quantitative estimate of drug-likeness (QED) is 0.264. The molecule has 84 valence electrons. The summed E-state index contributed by atoms with van der Waals surface area (Å²) in [6, 6.07) is 0. The van der Waals surface area contributed by atoms with Gasteiger partial charge in [0.2, 0.25) is 6.10 Å². The summed E-state index contributed by atoms with van der Waals surface area (Å²) in [6.45, 7) is 0. The normalized spacial score (nSPS) is 9.67. The van der Waals surface area contributed by atoms with E-state index >= 15 is 0 Å². The zero-order chi connectivity index (χ0) is 11.7. The van der Waals surface area contributed by atoms with E-state index in [1.807, 2.05) is 0 Å². The smallest absolute Gasteiger partial charge is 0.306 e. The van der Waals surface area contributed by atoms with Crippen LogP contribution >= 0.6 is 0 Å². The molecule has 0 saturated heterocycles. The minimum absolute atomic E-state index is 0.00542. The summed E-state index contributed by atoms with van der Waals surface area (Å²) in [5, 5.41) is 8.29. The topological polar surface area (TPSA) is 97.7 Å². The van der Waals surface area contributed by atoms with E-state index in [0.717, 1.165) is 0 Å². The first-order chi connectivity index (χ1) is 7.10. The van der Waals surface area contributed by atoms with Crippen molar-refractivity contribution in [1.82, 2.24) is 0 Å². The van der Waals surface area contributed by atoms with Crippen LogP contribution in [-0.2, 0) is 23.9 Å². The zero-order valence-corrected chi connectivity index (χ0v) is 8.05. The van der Waals surface area contributed by atoms with Gasteiger partial charge in [-0.1, -0.05) is 0 Å². The third-order valence-corrected chi connectivity index (χ3v) is 1.56. The first-order valence-electron chi connectivity index (χ1n) is 4.42. The number of hydrogen-bond donors (Lipinski definition) is 1. The monoisotopic (exact) mass is 216 g/mol. The van der Waals surface area contributed by atoms with Crippen LogP contribution in [0, 0.1) is 0 Å². The van der Waals surface area contributed by atoms with Gasteiger partial charge in [0.1, 0.15) is 0 Å². The molecule has 1 N–H and O–H groups in total. The van der Waals surface area contributed by atoms with Gasteiger partial charge >= 0.3 is 11.9 Å². The molecule has 0 rings (SSSR count). The number of carboxylic acid groups (broad SMARTS) is 1. The van der Waals surface area contributed by atoms with Crippen molar-refractivity contribution in [3.05, 3.63) is 0 Å². The Morgan fingerprint density at radius 1 is 1.13 bits per heavy atom. The van der Waals surface area contributed by atoms with Crippen molar-refractivity contribution in [2.75, 3.05) is 0 Å². The van der Waals surface area contributed by atoms with E-state index < -0.39 is 18.0 Å². The second kappa shape index (κ2) is 7.66. The molecular formula is C9H12O6. The van der Waals surface area contributed by atoms with Crippen LogP contribution in [0.25, 0.3) is 0 Å². The zero-order valence-electron chi connectivity index (χ0n) is 8.05. The molecule has 0 saturated carbocycles.